The number of aryl methyl sites for hydroxylation is 1. The Balaban J connectivity index is 1.78. The van der Waals surface area contributed by atoms with Crippen LogP contribution in [0, 0.1) is 6.92 Å². The Bertz CT molecular complexity index is 696. The highest BCUT2D eigenvalue weighted by Crippen LogP contribution is 2.19. The Morgan fingerprint density at radius 2 is 2.00 bits per heavy atom. The largest absolute Gasteiger partial charge is 0.378 e. The first-order valence-corrected chi connectivity index (χ1v) is 8.24. The highest BCUT2D eigenvalue weighted by atomic mass is 16.5. The van der Waals surface area contributed by atoms with Crippen LogP contribution in [0.2, 0.25) is 0 Å². The first-order valence-electron chi connectivity index (χ1n) is 8.24. The van der Waals surface area contributed by atoms with Crippen LogP contribution in [0.4, 0.5) is 11.5 Å². The maximum Gasteiger partial charge on any atom is 0.278 e. The zero-order valence-electron chi connectivity index (χ0n) is 14.1. The van der Waals surface area contributed by atoms with E-state index in [-0.39, 0.29) is 5.91 Å². The molecule has 24 heavy (non-hydrogen) atoms. The molecule has 0 unspecified atom stereocenters. The van der Waals surface area contributed by atoms with E-state index in [0.717, 1.165) is 30.2 Å². The van der Waals surface area contributed by atoms with Crippen molar-refractivity contribution in [2.45, 2.75) is 13.8 Å². The minimum Gasteiger partial charge on any atom is -0.378 e. The fraction of sp³-hybridized carbons (Fsp3) is 0.389. The topological polar surface area (TPSA) is 58.6 Å². The van der Waals surface area contributed by atoms with Gasteiger partial charge in [0.25, 0.3) is 5.91 Å². The standard InChI is InChI=1S/C18H22N4O2/c1-3-22(15-6-4-5-14(2)13-15)18(23)16-7-8-17(20-19-16)21-9-11-24-12-10-21/h4-8,13H,3,9-12H2,1-2H3. The van der Waals surface area contributed by atoms with Gasteiger partial charge < -0.3 is 14.5 Å². The quantitative estimate of drug-likeness (QED) is 0.863. The predicted octanol–water partition coefficient (Wildman–Crippen LogP) is 2.29. The molecule has 6 nitrogen and oxygen atoms in total. The van der Waals surface area contributed by atoms with E-state index in [2.05, 4.69) is 15.1 Å². The summed E-state index contributed by atoms with van der Waals surface area (Å²) in [5.74, 6) is 0.651. The molecule has 1 aliphatic rings. The minimum absolute atomic E-state index is 0.135. The van der Waals surface area contributed by atoms with E-state index in [1.54, 1.807) is 11.0 Å². The second kappa shape index (κ2) is 7.40. The van der Waals surface area contributed by atoms with E-state index < -0.39 is 0 Å². The Hall–Kier alpha value is -2.47. The number of hydrogen-bond acceptors (Lipinski definition) is 5. The van der Waals surface area contributed by atoms with E-state index >= 15 is 0 Å². The van der Waals surface area contributed by atoms with Gasteiger partial charge in [-0.1, -0.05) is 12.1 Å². The molecule has 3 rings (SSSR count). The summed E-state index contributed by atoms with van der Waals surface area (Å²) in [5, 5.41) is 8.37. The Morgan fingerprint density at radius 3 is 2.62 bits per heavy atom. The van der Waals surface area contributed by atoms with Crippen molar-refractivity contribution in [1.82, 2.24) is 10.2 Å². The van der Waals surface area contributed by atoms with Crippen LogP contribution in [-0.2, 0) is 4.74 Å². The minimum atomic E-state index is -0.135. The number of benzene rings is 1. The van der Waals surface area contributed by atoms with Crippen molar-refractivity contribution in [2.24, 2.45) is 0 Å². The van der Waals surface area contributed by atoms with Crippen molar-refractivity contribution in [3.8, 4) is 0 Å². The molecule has 0 spiro atoms. The van der Waals surface area contributed by atoms with Gasteiger partial charge in [-0.15, -0.1) is 10.2 Å². The van der Waals surface area contributed by atoms with Crippen LogP contribution in [0.15, 0.2) is 36.4 Å². The van der Waals surface area contributed by atoms with E-state index in [1.807, 2.05) is 44.2 Å². The number of hydrogen-bond donors (Lipinski definition) is 0. The Labute approximate surface area is 142 Å². The highest BCUT2D eigenvalue weighted by molar-refractivity contribution is 6.04. The predicted molar refractivity (Wildman–Crippen MR) is 93.6 cm³/mol. The van der Waals surface area contributed by atoms with Crippen LogP contribution < -0.4 is 9.80 Å². The van der Waals surface area contributed by atoms with Gasteiger partial charge in [0.15, 0.2) is 11.5 Å². The van der Waals surface area contributed by atoms with Crippen molar-refractivity contribution in [3.63, 3.8) is 0 Å². The lowest BCUT2D eigenvalue weighted by atomic mass is 10.2. The van der Waals surface area contributed by atoms with Crippen molar-refractivity contribution < 1.29 is 9.53 Å². The van der Waals surface area contributed by atoms with Crippen LogP contribution in [0.3, 0.4) is 0 Å². The summed E-state index contributed by atoms with van der Waals surface area (Å²) in [6, 6.07) is 11.5. The second-order valence-corrected chi connectivity index (χ2v) is 5.76. The van der Waals surface area contributed by atoms with E-state index in [4.69, 9.17) is 4.74 Å². The molecule has 126 valence electrons. The molecule has 1 amide bonds. The monoisotopic (exact) mass is 326 g/mol. The summed E-state index contributed by atoms with van der Waals surface area (Å²) in [5.41, 5.74) is 2.35. The first kappa shape index (κ1) is 16.4. The zero-order valence-corrected chi connectivity index (χ0v) is 14.1. The van der Waals surface area contributed by atoms with E-state index in [9.17, 15) is 4.79 Å². The maximum atomic E-state index is 12.8. The molecule has 1 aliphatic heterocycles. The maximum absolute atomic E-state index is 12.8. The molecule has 2 aromatic rings. The number of aromatic nitrogens is 2. The van der Waals surface area contributed by atoms with E-state index in [1.165, 1.54) is 0 Å². The fourth-order valence-corrected chi connectivity index (χ4v) is 2.78. The molecule has 6 heteroatoms. The molecule has 0 radical (unpaired) electrons. The van der Waals surface area contributed by atoms with Gasteiger partial charge in [-0.3, -0.25) is 4.79 Å². The number of morpholine rings is 1. The van der Waals surface area contributed by atoms with Gasteiger partial charge in [0.2, 0.25) is 0 Å². The molecule has 1 aromatic carbocycles. The SMILES string of the molecule is CCN(C(=O)c1ccc(N2CCOCC2)nn1)c1cccc(C)c1. The number of amides is 1. The van der Waals surface area contributed by atoms with Crippen molar-refractivity contribution in [2.75, 3.05) is 42.6 Å². The lowest BCUT2D eigenvalue weighted by Gasteiger charge is -2.27. The van der Waals surface area contributed by atoms with E-state index in [0.29, 0.717) is 25.5 Å². The summed E-state index contributed by atoms with van der Waals surface area (Å²) >= 11 is 0. The van der Waals surface area contributed by atoms with Gasteiger partial charge in [0.1, 0.15) is 0 Å². The summed E-state index contributed by atoms with van der Waals surface area (Å²) in [4.78, 5) is 16.6. The summed E-state index contributed by atoms with van der Waals surface area (Å²) in [6.07, 6.45) is 0. The fourth-order valence-electron chi connectivity index (χ4n) is 2.78. The molecule has 0 N–H and O–H groups in total. The van der Waals surface area contributed by atoms with Crippen molar-refractivity contribution in [3.05, 3.63) is 47.7 Å². The first-order chi connectivity index (χ1) is 11.7. The number of rotatable bonds is 4. The number of anilines is 2. The third-order valence-electron chi connectivity index (χ3n) is 4.08. The Morgan fingerprint density at radius 1 is 1.21 bits per heavy atom. The molecular weight excluding hydrogens is 304 g/mol. The van der Waals surface area contributed by atoms with Gasteiger partial charge in [-0.25, -0.2) is 0 Å². The number of carbonyl (C=O) groups excluding carboxylic acids is 1. The number of carbonyl (C=O) groups is 1. The third kappa shape index (κ3) is 3.54. The van der Waals surface area contributed by atoms with Crippen molar-refractivity contribution in [1.29, 1.82) is 0 Å². The molecule has 2 heterocycles. The summed E-state index contributed by atoms with van der Waals surface area (Å²) in [7, 11) is 0. The average molecular weight is 326 g/mol. The van der Waals surface area contributed by atoms with Gasteiger partial charge in [-0.05, 0) is 43.7 Å². The second-order valence-electron chi connectivity index (χ2n) is 5.76. The molecular formula is C18H22N4O2. The van der Waals surface area contributed by atoms with Crippen LogP contribution in [-0.4, -0.2) is 49.0 Å². The number of nitrogens with zero attached hydrogens (tertiary/aromatic N) is 4. The number of ether oxygens (including phenoxy) is 1. The molecule has 1 fully saturated rings. The molecule has 0 atom stereocenters. The van der Waals surface area contributed by atoms with Crippen LogP contribution in [0.1, 0.15) is 23.0 Å². The average Bonchev–Trinajstić information content (AvgIpc) is 2.63. The smallest absolute Gasteiger partial charge is 0.278 e. The normalized spacial score (nSPS) is 14.5. The third-order valence-corrected chi connectivity index (χ3v) is 4.08. The van der Waals surface area contributed by atoms with Gasteiger partial charge in [0.05, 0.1) is 13.2 Å². The van der Waals surface area contributed by atoms with Crippen LogP contribution >= 0.6 is 0 Å². The lowest BCUT2D eigenvalue weighted by Crippen LogP contribution is -2.37. The molecule has 0 saturated carbocycles. The van der Waals surface area contributed by atoms with Gasteiger partial charge >= 0.3 is 0 Å². The van der Waals surface area contributed by atoms with Crippen LogP contribution in [0.5, 0.6) is 0 Å². The van der Waals surface area contributed by atoms with Crippen LogP contribution in [0.25, 0.3) is 0 Å². The summed E-state index contributed by atoms with van der Waals surface area (Å²) in [6.45, 7) is 7.53. The lowest BCUT2D eigenvalue weighted by molar-refractivity contribution is 0.0982. The molecule has 0 aliphatic carbocycles. The van der Waals surface area contributed by atoms with Crippen molar-refractivity contribution >= 4 is 17.4 Å². The molecule has 0 bridgehead atoms. The van der Waals surface area contributed by atoms with Gasteiger partial charge in [0, 0.05) is 25.3 Å². The molecule has 1 saturated heterocycles. The zero-order chi connectivity index (χ0) is 16.9. The molecule has 1 aromatic heterocycles. The van der Waals surface area contributed by atoms with Gasteiger partial charge in [-0.2, -0.15) is 0 Å². The summed E-state index contributed by atoms with van der Waals surface area (Å²) < 4.78 is 5.34. The Kier molecular flexibility index (Phi) is 5.05. The highest BCUT2D eigenvalue weighted by Gasteiger charge is 2.19.